The predicted molar refractivity (Wildman–Crippen MR) is 141 cm³/mol. The SMILES string of the molecule is COc1cccc(OC)c1-n1c(NSC(C)Cc2ccc(Br)cc2F)nnc1-c1cncc(C)c1. The van der Waals surface area contributed by atoms with Crippen LogP contribution >= 0.6 is 27.9 Å². The molecule has 4 aromatic rings. The third-order valence-corrected chi connectivity index (χ3v) is 6.66. The number of pyridine rings is 1. The maximum absolute atomic E-state index is 14.3. The van der Waals surface area contributed by atoms with Crippen LogP contribution in [0.5, 0.6) is 11.5 Å². The summed E-state index contributed by atoms with van der Waals surface area (Å²) in [5, 5.41) is 8.92. The molecule has 0 saturated heterocycles. The van der Waals surface area contributed by atoms with Crippen molar-refractivity contribution in [3.63, 3.8) is 0 Å². The van der Waals surface area contributed by atoms with Gasteiger partial charge in [-0.15, -0.1) is 10.2 Å². The van der Waals surface area contributed by atoms with Crippen LogP contribution in [0, 0.1) is 12.7 Å². The normalized spacial score (nSPS) is 11.8. The van der Waals surface area contributed by atoms with Gasteiger partial charge in [0.05, 0.1) is 14.2 Å². The number of benzene rings is 2. The first kappa shape index (κ1) is 25.0. The Labute approximate surface area is 216 Å². The van der Waals surface area contributed by atoms with Gasteiger partial charge in [0.1, 0.15) is 23.0 Å². The first-order valence-corrected chi connectivity index (χ1v) is 12.5. The summed E-state index contributed by atoms with van der Waals surface area (Å²) in [6.07, 6.45) is 4.06. The van der Waals surface area contributed by atoms with Crippen molar-refractivity contribution in [3.8, 4) is 28.6 Å². The third kappa shape index (κ3) is 5.59. The number of methoxy groups -OCH3 is 2. The van der Waals surface area contributed by atoms with Crippen molar-refractivity contribution in [2.24, 2.45) is 0 Å². The number of para-hydroxylation sites is 1. The van der Waals surface area contributed by atoms with E-state index in [0.29, 0.717) is 45.4 Å². The van der Waals surface area contributed by atoms with E-state index in [4.69, 9.17) is 9.47 Å². The Balaban J connectivity index is 1.70. The molecule has 0 aliphatic rings. The molecular formula is C25H25BrFN5O2S. The van der Waals surface area contributed by atoms with Crippen molar-refractivity contribution in [2.75, 3.05) is 18.9 Å². The quantitative estimate of drug-likeness (QED) is 0.244. The summed E-state index contributed by atoms with van der Waals surface area (Å²) in [4.78, 5) is 4.32. The lowest BCUT2D eigenvalue weighted by atomic mass is 10.1. The fourth-order valence-electron chi connectivity index (χ4n) is 3.67. The van der Waals surface area contributed by atoms with Gasteiger partial charge in [0.25, 0.3) is 0 Å². The molecule has 0 fully saturated rings. The molecular weight excluding hydrogens is 533 g/mol. The van der Waals surface area contributed by atoms with E-state index in [1.807, 2.05) is 48.7 Å². The topological polar surface area (TPSA) is 74.1 Å². The van der Waals surface area contributed by atoms with Gasteiger partial charge in [-0.1, -0.05) is 35.0 Å². The number of hydrogen-bond acceptors (Lipinski definition) is 7. The van der Waals surface area contributed by atoms with Gasteiger partial charge in [0, 0.05) is 27.7 Å². The third-order valence-electron chi connectivity index (χ3n) is 5.30. The lowest BCUT2D eigenvalue weighted by Crippen LogP contribution is -2.10. The van der Waals surface area contributed by atoms with E-state index in [1.165, 1.54) is 18.0 Å². The molecule has 0 radical (unpaired) electrons. The van der Waals surface area contributed by atoms with Gasteiger partial charge in [-0.05, 0) is 66.8 Å². The summed E-state index contributed by atoms with van der Waals surface area (Å²) in [6.45, 7) is 3.99. The first-order chi connectivity index (χ1) is 16.9. The number of hydrogen-bond donors (Lipinski definition) is 1. The summed E-state index contributed by atoms with van der Waals surface area (Å²) in [6, 6.07) is 12.7. The maximum Gasteiger partial charge on any atom is 0.239 e. The Morgan fingerprint density at radius 1 is 1.09 bits per heavy atom. The van der Waals surface area contributed by atoms with E-state index in [0.717, 1.165) is 11.1 Å². The number of nitrogens with one attached hydrogen (secondary N) is 1. The van der Waals surface area contributed by atoms with Gasteiger partial charge in [-0.25, -0.2) is 4.39 Å². The molecule has 2 aromatic heterocycles. The molecule has 2 aromatic carbocycles. The first-order valence-electron chi connectivity index (χ1n) is 10.9. The Morgan fingerprint density at radius 2 is 1.83 bits per heavy atom. The molecule has 7 nitrogen and oxygen atoms in total. The van der Waals surface area contributed by atoms with Crippen molar-refractivity contribution in [1.82, 2.24) is 19.7 Å². The molecule has 1 N–H and O–H groups in total. The molecule has 0 spiro atoms. The van der Waals surface area contributed by atoms with Gasteiger partial charge in [-0.2, -0.15) is 0 Å². The van der Waals surface area contributed by atoms with Crippen LogP contribution < -0.4 is 14.2 Å². The molecule has 0 saturated carbocycles. The highest BCUT2D eigenvalue weighted by molar-refractivity contribution is 9.10. The molecule has 10 heteroatoms. The fraction of sp³-hybridized carbons (Fsp3) is 0.240. The monoisotopic (exact) mass is 557 g/mol. The smallest absolute Gasteiger partial charge is 0.239 e. The molecule has 0 bridgehead atoms. The van der Waals surface area contributed by atoms with E-state index >= 15 is 0 Å². The Kier molecular flexibility index (Phi) is 7.92. The summed E-state index contributed by atoms with van der Waals surface area (Å²) in [5.74, 6) is 2.03. The summed E-state index contributed by atoms with van der Waals surface area (Å²) in [7, 11) is 3.21. The largest absolute Gasteiger partial charge is 0.494 e. The van der Waals surface area contributed by atoms with Crippen LogP contribution in [0.25, 0.3) is 17.1 Å². The lowest BCUT2D eigenvalue weighted by Gasteiger charge is -2.18. The van der Waals surface area contributed by atoms with Gasteiger partial charge in [-0.3, -0.25) is 14.3 Å². The standard InChI is InChI=1S/C25H25BrFN5O2S/c1-15-10-18(14-28-13-15)24-29-30-25(32(24)23-21(33-3)6-5-7-22(23)34-4)31-35-16(2)11-17-8-9-19(26)12-20(17)27/h5-10,12-14,16H,11H2,1-4H3,(H,30,31). The van der Waals surface area contributed by atoms with Crippen LogP contribution in [0.4, 0.5) is 10.3 Å². The second kappa shape index (κ2) is 11.1. The minimum Gasteiger partial charge on any atom is -0.494 e. The van der Waals surface area contributed by atoms with Crippen LogP contribution in [-0.4, -0.2) is 39.2 Å². The van der Waals surface area contributed by atoms with Crippen LogP contribution in [0.3, 0.4) is 0 Å². The Morgan fingerprint density at radius 3 is 2.49 bits per heavy atom. The van der Waals surface area contributed by atoms with E-state index in [1.54, 1.807) is 32.7 Å². The predicted octanol–water partition coefficient (Wildman–Crippen LogP) is 6.25. The fourth-order valence-corrected chi connectivity index (χ4v) is 4.71. The molecule has 1 atom stereocenters. The number of aromatic nitrogens is 4. The number of anilines is 1. The zero-order valence-electron chi connectivity index (χ0n) is 19.8. The van der Waals surface area contributed by atoms with E-state index in [9.17, 15) is 4.39 Å². The van der Waals surface area contributed by atoms with Crippen LogP contribution in [0.15, 0.2) is 59.3 Å². The summed E-state index contributed by atoms with van der Waals surface area (Å²) >= 11 is 4.74. The van der Waals surface area contributed by atoms with Gasteiger partial charge >= 0.3 is 0 Å². The van der Waals surface area contributed by atoms with Crippen molar-refractivity contribution >= 4 is 33.8 Å². The van der Waals surface area contributed by atoms with Gasteiger partial charge in [0.2, 0.25) is 5.95 Å². The van der Waals surface area contributed by atoms with Crippen molar-refractivity contribution in [1.29, 1.82) is 0 Å². The van der Waals surface area contributed by atoms with Crippen LogP contribution in [0.1, 0.15) is 18.1 Å². The second-order valence-electron chi connectivity index (χ2n) is 7.92. The van der Waals surface area contributed by atoms with Crippen molar-refractivity contribution in [2.45, 2.75) is 25.5 Å². The minimum atomic E-state index is -0.233. The minimum absolute atomic E-state index is 0.0412. The number of nitrogens with zero attached hydrogens (tertiary/aromatic N) is 4. The highest BCUT2D eigenvalue weighted by Crippen LogP contribution is 2.38. The van der Waals surface area contributed by atoms with E-state index < -0.39 is 0 Å². The number of rotatable bonds is 9. The highest BCUT2D eigenvalue weighted by Gasteiger charge is 2.23. The summed E-state index contributed by atoms with van der Waals surface area (Å²) in [5.41, 5.74) is 3.11. The number of halogens is 2. The molecule has 0 amide bonds. The van der Waals surface area contributed by atoms with Crippen LogP contribution in [-0.2, 0) is 6.42 Å². The Bertz CT molecular complexity index is 1310. The van der Waals surface area contributed by atoms with Crippen molar-refractivity contribution < 1.29 is 13.9 Å². The molecule has 35 heavy (non-hydrogen) atoms. The zero-order valence-corrected chi connectivity index (χ0v) is 22.2. The van der Waals surface area contributed by atoms with Gasteiger partial charge in [0.15, 0.2) is 5.82 Å². The van der Waals surface area contributed by atoms with Crippen molar-refractivity contribution in [3.05, 3.63) is 76.3 Å². The van der Waals surface area contributed by atoms with E-state index in [2.05, 4.69) is 35.8 Å². The lowest BCUT2D eigenvalue weighted by molar-refractivity contribution is 0.391. The number of aryl methyl sites for hydroxylation is 1. The number of ether oxygens (including phenoxy) is 2. The van der Waals surface area contributed by atoms with Crippen LogP contribution in [0.2, 0.25) is 0 Å². The molecule has 1 unspecified atom stereocenters. The molecule has 182 valence electrons. The Hall–Kier alpha value is -3.11. The maximum atomic E-state index is 14.3. The molecule has 0 aliphatic carbocycles. The molecule has 4 rings (SSSR count). The van der Waals surface area contributed by atoms with E-state index in [-0.39, 0.29) is 11.1 Å². The molecule has 0 aliphatic heterocycles. The molecule has 2 heterocycles. The average Bonchev–Trinajstić information content (AvgIpc) is 3.27. The highest BCUT2D eigenvalue weighted by atomic mass is 79.9. The summed E-state index contributed by atoms with van der Waals surface area (Å²) < 4.78 is 31.5. The zero-order chi connectivity index (χ0) is 24.9. The van der Waals surface area contributed by atoms with Gasteiger partial charge < -0.3 is 9.47 Å². The average molecular weight is 558 g/mol. The second-order valence-corrected chi connectivity index (χ2v) is 10.1.